The van der Waals surface area contributed by atoms with Gasteiger partial charge in [0.05, 0.1) is 17.0 Å². The number of carbonyl (C=O) groups excluding carboxylic acids is 1. The van der Waals surface area contributed by atoms with Crippen LogP contribution in [0.2, 0.25) is 5.02 Å². The lowest BCUT2D eigenvalue weighted by Gasteiger charge is -2.05. The monoisotopic (exact) mass is 306 g/mol. The summed E-state index contributed by atoms with van der Waals surface area (Å²) >= 11 is 5.90. The van der Waals surface area contributed by atoms with Crippen molar-refractivity contribution in [3.8, 4) is 0 Å². The van der Waals surface area contributed by atoms with Crippen LogP contribution in [0, 0.1) is 16.0 Å². The van der Waals surface area contributed by atoms with Crippen LogP contribution in [0.3, 0.4) is 0 Å². The Labute approximate surface area is 127 Å². The average Bonchev–Trinajstić information content (AvgIpc) is 2.85. The summed E-state index contributed by atoms with van der Waals surface area (Å²) in [6.07, 6.45) is 3.44. The first-order chi connectivity index (χ1) is 9.88. The van der Waals surface area contributed by atoms with E-state index in [0.29, 0.717) is 22.7 Å². The largest absolute Gasteiger partial charge is 0.349 e. The van der Waals surface area contributed by atoms with Gasteiger partial charge in [0.2, 0.25) is 0 Å². The van der Waals surface area contributed by atoms with Crippen molar-refractivity contribution in [2.75, 3.05) is 0 Å². The highest BCUT2D eigenvalue weighted by molar-refractivity contribution is 6.30. The molecule has 0 radical (unpaired) electrons. The van der Waals surface area contributed by atoms with E-state index >= 15 is 0 Å². The van der Waals surface area contributed by atoms with Crippen LogP contribution < -0.4 is 0 Å². The van der Waals surface area contributed by atoms with E-state index in [-0.39, 0.29) is 17.4 Å². The number of benzene rings is 1. The number of nitrogens with zero attached hydrogens (tertiary/aromatic N) is 2. The molecule has 0 aliphatic rings. The fraction of sp³-hybridized carbons (Fsp3) is 0.267. The third kappa shape index (κ3) is 3.49. The summed E-state index contributed by atoms with van der Waals surface area (Å²) in [5.74, 6) is -0.0318. The molecule has 1 aromatic heterocycles. The molecule has 6 heteroatoms. The summed E-state index contributed by atoms with van der Waals surface area (Å²) in [5.41, 5.74) is 1.13. The third-order valence-corrected chi connectivity index (χ3v) is 3.39. The standard InChI is InChI=1S/C15H15ClN2O3/c1-10(2)15(19)11-5-6-17(8-11)9-12-7-13(16)3-4-14(12)18(20)21/h3-8,10H,9H2,1-2H3. The summed E-state index contributed by atoms with van der Waals surface area (Å²) in [4.78, 5) is 22.5. The van der Waals surface area contributed by atoms with Crippen LogP contribution in [0.4, 0.5) is 5.69 Å². The molecule has 0 fully saturated rings. The zero-order valence-electron chi connectivity index (χ0n) is 11.7. The minimum absolute atomic E-state index is 0.0184. The normalized spacial score (nSPS) is 10.9. The van der Waals surface area contributed by atoms with Gasteiger partial charge in [-0.15, -0.1) is 0 Å². The van der Waals surface area contributed by atoms with E-state index in [1.165, 1.54) is 12.1 Å². The van der Waals surface area contributed by atoms with E-state index in [1.54, 1.807) is 29.1 Å². The van der Waals surface area contributed by atoms with Crippen LogP contribution in [0.1, 0.15) is 29.8 Å². The molecule has 5 nitrogen and oxygen atoms in total. The van der Waals surface area contributed by atoms with Gasteiger partial charge in [-0.3, -0.25) is 14.9 Å². The van der Waals surface area contributed by atoms with Crippen LogP contribution in [0.15, 0.2) is 36.7 Å². The van der Waals surface area contributed by atoms with Crippen molar-refractivity contribution in [3.05, 3.63) is 62.9 Å². The molecule has 2 aromatic rings. The molecule has 2 rings (SSSR count). The smallest absolute Gasteiger partial charge is 0.274 e. The van der Waals surface area contributed by atoms with Gasteiger partial charge in [0.1, 0.15) is 0 Å². The highest BCUT2D eigenvalue weighted by Crippen LogP contribution is 2.24. The molecule has 0 N–H and O–H groups in total. The maximum atomic E-state index is 11.9. The minimum atomic E-state index is -0.435. The maximum absolute atomic E-state index is 11.9. The van der Waals surface area contributed by atoms with E-state index in [0.717, 1.165) is 0 Å². The van der Waals surface area contributed by atoms with Crippen LogP contribution in [-0.2, 0) is 6.54 Å². The van der Waals surface area contributed by atoms with Crippen LogP contribution in [0.25, 0.3) is 0 Å². The molecule has 110 valence electrons. The number of halogens is 1. The predicted octanol–water partition coefficient (Wildman–Crippen LogP) is 3.94. The Bertz CT molecular complexity index is 692. The second-order valence-electron chi connectivity index (χ2n) is 5.12. The van der Waals surface area contributed by atoms with Crippen LogP contribution >= 0.6 is 11.6 Å². The zero-order chi connectivity index (χ0) is 15.6. The first-order valence-electron chi connectivity index (χ1n) is 6.51. The molecular formula is C15H15ClN2O3. The Balaban J connectivity index is 2.29. The number of hydrogen-bond acceptors (Lipinski definition) is 3. The number of carbonyl (C=O) groups is 1. The van der Waals surface area contributed by atoms with E-state index in [4.69, 9.17) is 11.6 Å². The van der Waals surface area contributed by atoms with E-state index in [1.807, 2.05) is 13.8 Å². The Morgan fingerprint density at radius 3 is 2.71 bits per heavy atom. The van der Waals surface area contributed by atoms with Crippen molar-refractivity contribution in [1.29, 1.82) is 0 Å². The maximum Gasteiger partial charge on any atom is 0.274 e. The predicted molar refractivity (Wildman–Crippen MR) is 80.8 cm³/mol. The number of Topliss-reactive ketones (excluding diaryl/α,β-unsaturated/α-hetero) is 1. The number of hydrogen-bond donors (Lipinski definition) is 0. The fourth-order valence-electron chi connectivity index (χ4n) is 2.07. The molecule has 0 unspecified atom stereocenters. The van der Waals surface area contributed by atoms with E-state index in [2.05, 4.69) is 0 Å². The molecule has 0 spiro atoms. The van der Waals surface area contributed by atoms with Gasteiger partial charge in [-0.05, 0) is 18.2 Å². The summed E-state index contributed by atoms with van der Waals surface area (Å²) in [6, 6.07) is 6.18. The van der Waals surface area contributed by atoms with Crippen molar-refractivity contribution in [2.24, 2.45) is 5.92 Å². The lowest BCUT2D eigenvalue weighted by Crippen LogP contribution is -2.06. The summed E-state index contributed by atoms with van der Waals surface area (Å²) < 4.78 is 1.74. The SMILES string of the molecule is CC(C)C(=O)c1ccn(Cc2cc(Cl)ccc2[N+](=O)[O-])c1. The second kappa shape index (κ2) is 6.10. The molecule has 21 heavy (non-hydrogen) atoms. The van der Waals surface area contributed by atoms with Gasteiger partial charge in [-0.2, -0.15) is 0 Å². The van der Waals surface area contributed by atoms with Crippen molar-refractivity contribution >= 4 is 23.1 Å². The molecule has 0 bridgehead atoms. The summed E-state index contributed by atoms with van der Waals surface area (Å²) in [5, 5.41) is 11.5. The average molecular weight is 307 g/mol. The molecule has 1 heterocycles. The van der Waals surface area contributed by atoms with Gasteiger partial charge in [-0.1, -0.05) is 25.4 Å². The number of aromatic nitrogens is 1. The molecule has 1 aromatic carbocycles. The second-order valence-corrected chi connectivity index (χ2v) is 5.56. The number of ketones is 1. The quantitative estimate of drug-likeness (QED) is 0.477. The Hall–Kier alpha value is -2.14. The molecule has 0 saturated heterocycles. The van der Waals surface area contributed by atoms with Crippen molar-refractivity contribution < 1.29 is 9.72 Å². The Morgan fingerprint density at radius 1 is 1.38 bits per heavy atom. The van der Waals surface area contributed by atoms with Gasteiger partial charge in [0, 0.05) is 35.0 Å². The first kappa shape index (κ1) is 15.3. The van der Waals surface area contributed by atoms with Crippen LogP contribution in [0.5, 0.6) is 0 Å². The van der Waals surface area contributed by atoms with Gasteiger partial charge in [0.15, 0.2) is 5.78 Å². The highest BCUT2D eigenvalue weighted by Gasteiger charge is 2.16. The Kier molecular flexibility index (Phi) is 4.43. The van der Waals surface area contributed by atoms with Gasteiger partial charge < -0.3 is 4.57 Å². The van der Waals surface area contributed by atoms with Crippen LogP contribution in [-0.4, -0.2) is 15.3 Å². The van der Waals surface area contributed by atoms with Crippen molar-refractivity contribution in [3.63, 3.8) is 0 Å². The highest BCUT2D eigenvalue weighted by atomic mass is 35.5. The van der Waals surface area contributed by atoms with Gasteiger partial charge in [0.25, 0.3) is 5.69 Å². The Morgan fingerprint density at radius 2 is 2.10 bits per heavy atom. The van der Waals surface area contributed by atoms with Gasteiger partial charge in [-0.25, -0.2) is 0 Å². The first-order valence-corrected chi connectivity index (χ1v) is 6.89. The molecule has 0 amide bonds. The van der Waals surface area contributed by atoms with Crippen molar-refractivity contribution in [1.82, 2.24) is 4.57 Å². The lowest BCUT2D eigenvalue weighted by molar-refractivity contribution is -0.385. The summed E-state index contributed by atoms with van der Waals surface area (Å²) in [7, 11) is 0. The molecule has 0 aliphatic carbocycles. The number of nitro groups is 1. The molecular weight excluding hydrogens is 292 g/mol. The number of rotatable bonds is 5. The third-order valence-electron chi connectivity index (χ3n) is 3.15. The molecule has 0 saturated carbocycles. The van der Waals surface area contributed by atoms with E-state index < -0.39 is 4.92 Å². The van der Waals surface area contributed by atoms with Gasteiger partial charge >= 0.3 is 0 Å². The minimum Gasteiger partial charge on any atom is -0.349 e. The molecule has 0 aliphatic heterocycles. The number of nitro benzene ring substituents is 1. The summed E-state index contributed by atoms with van der Waals surface area (Å²) in [6.45, 7) is 3.96. The van der Waals surface area contributed by atoms with Crippen molar-refractivity contribution in [2.45, 2.75) is 20.4 Å². The fourth-order valence-corrected chi connectivity index (χ4v) is 2.27. The topological polar surface area (TPSA) is 65.1 Å². The molecule has 0 atom stereocenters. The zero-order valence-corrected chi connectivity index (χ0v) is 12.5. The van der Waals surface area contributed by atoms with E-state index in [9.17, 15) is 14.9 Å². The lowest BCUT2D eigenvalue weighted by atomic mass is 10.0.